The monoisotopic (exact) mass is 505 g/mol. The molecule has 1 fully saturated rings. The Bertz CT molecular complexity index is 1490. The van der Waals surface area contributed by atoms with Crippen molar-refractivity contribution in [1.82, 2.24) is 29.7 Å². The van der Waals surface area contributed by atoms with E-state index in [2.05, 4.69) is 61.4 Å². The molecule has 0 atom stereocenters. The number of hydrogen-bond acceptors (Lipinski definition) is 7. The molecule has 3 aromatic carbocycles. The molecule has 8 heteroatoms. The lowest BCUT2D eigenvalue weighted by Gasteiger charge is -2.31. The van der Waals surface area contributed by atoms with Gasteiger partial charge in [0.25, 0.3) is 0 Å². The average molecular weight is 506 g/mol. The number of aromatic nitrogens is 4. The molecule has 0 spiro atoms. The largest absolute Gasteiger partial charge is 0.489 e. The number of nitrogens with one attached hydrogen (secondary N) is 2. The minimum atomic E-state index is 0.541. The second kappa shape index (κ2) is 11.0. The van der Waals surface area contributed by atoms with Gasteiger partial charge in [-0.05, 0) is 55.1 Å². The minimum absolute atomic E-state index is 0.541. The Labute approximate surface area is 222 Å². The molecule has 192 valence electrons. The van der Waals surface area contributed by atoms with Crippen molar-refractivity contribution in [3.8, 4) is 17.1 Å². The number of piperazine rings is 1. The van der Waals surface area contributed by atoms with Crippen LogP contribution in [0.1, 0.15) is 11.3 Å². The summed E-state index contributed by atoms with van der Waals surface area (Å²) < 4.78 is 5.88. The summed E-state index contributed by atoms with van der Waals surface area (Å²) in [4.78, 5) is 22.2. The lowest BCUT2D eigenvalue weighted by Crippen LogP contribution is -2.43. The normalized spacial score (nSPS) is 14.6. The summed E-state index contributed by atoms with van der Waals surface area (Å²) in [5, 5.41) is 4.25. The Balaban J connectivity index is 1.09. The van der Waals surface area contributed by atoms with Crippen LogP contribution in [0.15, 0.2) is 85.2 Å². The van der Waals surface area contributed by atoms with Crippen LogP contribution in [0.25, 0.3) is 22.3 Å². The Kier molecular flexibility index (Phi) is 6.97. The predicted molar refractivity (Wildman–Crippen MR) is 150 cm³/mol. The van der Waals surface area contributed by atoms with Crippen molar-refractivity contribution in [2.24, 2.45) is 0 Å². The number of anilines is 2. The first kappa shape index (κ1) is 24.1. The van der Waals surface area contributed by atoms with Gasteiger partial charge in [0.1, 0.15) is 18.2 Å². The molecule has 0 aliphatic carbocycles. The van der Waals surface area contributed by atoms with Crippen LogP contribution in [-0.4, -0.2) is 63.0 Å². The molecule has 0 unspecified atom stereocenters. The highest BCUT2D eigenvalue weighted by Gasteiger charge is 2.15. The van der Waals surface area contributed by atoms with Crippen molar-refractivity contribution in [3.63, 3.8) is 0 Å². The molecule has 0 bridgehead atoms. The number of benzene rings is 3. The van der Waals surface area contributed by atoms with Crippen LogP contribution < -0.4 is 10.1 Å². The molecule has 0 amide bonds. The molecule has 38 heavy (non-hydrogen) atoms. The lowest BCUT2D eigenvalue weighted by molar-refractivity contribution is 0.147. The van der Waals surface area contributed by atoms with Gasteiger partial charge in [0.2, 0.25) is 5.95 Å². The van der Waals surface area contributed by atoms with E-state index in [9.17, 15) is 0 Å². The SMILES string of the molecule is CN1CCN(Cc2cnc(-c3ccc4nc(Nc5ccc(OCc6ccccc6)cc5)ncc4c3)[nH]2)CC1. The molecule has 1 aliphatic rings. The van der Waals surface area contributed by atoms with E-state index < -0.39 is 0 Å². The van der Waals surface area contributed by atoms with Gasteiger partial charge in [0.15, 0.2) is 0 Å². The zero-order chi connectivity index (χ0) is 25.7. The second-order valence-electron chi connectivity index (χ2n) is 9.73. The van der Waals surface area contributed by atoms with Crippen molar-refractivity contribution in [2.75, 3.05) is 38.5 Å². The summed E-state index contributed by atoms with van der Waals surface area (Å²) in [6.07, 6.45) is 3.79. The average Bonchev–Trinajstić information content (AvgIpc) is 3.43. The number of ether oxygens (including phenoxy) is 1. The fraction of sp³-hybridized carbons (Fsp3) is 0.233. The number of rotatable bonds is 8. The first-order valence-corrected chi connectivity index (χ1v) is 12.9. The third kappa shape index (κ3) is 5.82. The first-order valence-electron chi connectivity index (χ1n) is 12.9. The van der Waals surface area contributed by atoms with Crippen LogP contribution in [0, 0.1) is 0 Å². The molecule has 1 saturated heterocycles. The fourth-order valence-electron chi connectivity index (χ4n) is 4.58. The van der Waals surface area contributed by atoms with Crippen molar-refractivity contribution >= 4 is 22.5 Å². The Hall–Kier alpha value is -4.27. The Morgan fingerprint density at radius 1 is 0.895 bits per heavy atom. The summed E-state index contributed by atoms with van der Waals surface area (Å²) in [6.45, 7) is 5.82. The van der Waals surface area contributed by atoms with Crippen molar-refractivity contribution in [3.05, 3.63) is 96.4 Å². The molecule has 8 nitrogen and oxygen atoms in total. The summed E-state index contributed by atoms with van der Waals surface area (Å²) in [5.41, 5.74) is 5.07. The zero-order valence-corrected chi connectivity index (χ0v) is 21.5. The van der Waals surface area contributed by atoms with Gasteiger partial charge in [0, 0.05) is 67.4 Å². The van der Waals surface area contributed by atoms with E-state index in [1.807, 2.05) is 60.9 Å². The summed E-state index contributed by atoms with van der Waals surface area (Å²) in [7, 11) is 2.18. The van der Waals surface area contributed by atoms with Gasteiger partial charge in [-0.25, -0.2) is 15.0 Å². The molecular formula is C30H31N7O. The highest BCUT2D eigenvalue weighted by atomic mass is 16.5. The number of hydrogen-bond donors (Lipinski definition) is 2. The smallest absolute Gasteiger partial charge is 0.227 e. The molecule has 2 N–H and O–H groups in total. The van der Waals surface area contributed by atoms with Gasteiger partial charge >= 0.3 is 0 Å². The van der Waals surface area contributed by atoms with E-state index in [4.69, 9.17) is 9.72 Å². The van der Waals surface area contributed by atoms with Crippen molar-refractivity contribution in [1.29, 1.82) is 0 Å². The van der Waals surface area contributed by atoms with Crippen molar-refractivity contribution in [2.45, 2.75) is 13.2 Å². The van der Waals surface area contributed by atoms with E-state index in [1.165, 1.54) is 0 Å². The van der Waals surface area contributed by atoms with E-state index in [-0.39, 0.29) is 0 Å². The lowest BCUT2D eigenvalue weighted by atomic mass is 10.1. The van der Waals surface area contributed by atoms with Gasteiger partial charge < -0.3 is 19.9 Å². The van der Waals surface area contributed by atoms with Gasteiger partial charge in [-0.3, -0.25) is 4.90 Å². The van der Waals surface area contributed by atoms with Crippen LogP contribution in [0.5, 0.6) is 5.75 Å². The molecule has 3 heterocycles. The quantitative estimate of drug-likeness (QED) is 0.304. The molecule has 1 aliphatic heterocycles. The minimum Gasteiger partial charge on any atom is -0.489 e. The number of imidazole rings is 1. The van der Waals surface area contributed by atoms with Crippen LogP contribution in [0.2, 0.25) is 0 Å². The molecule has 6 rings (SSSR count). The van der Waals surface area contributed by atoms with Crippen LogP contribution in [0.4, 0.5) is 11.6 Å². The topological polar surface area (TPSA) is 82.2 Å². The fourth-order valence-corrected chi connectivity index (χ4v) is 4.58. The van der Waals surface area contributed by atoms with E-state index >= 15 is 0 Å². The third-order valence-electron chi connectivity index (χ3n) is 6.83. The number of fused-ring (bicyclic) bond motifs is 1. The van der Waals surface area contributed by atoms with E-state index in [1.54, 1.807) is 0 Å². The second-order valence-corrected chi connectivity index (χ2v) is 9.73. The maximum absolute atomic E-state index is 5.88. The van der Waals surface area contributed by atoms with Crippen LogP contribution in [0.3, 0.4) is 0 Å². The first-order chi connectivity index (χ1) is 18.7. The van der Waals surface area contributed by atoms with E-state index in [0.29, 0.717) is 12.6 Å². The summed E-state index contributed by atoms with van der Waals surface area (Å²) in [6, 6.07) is 24.1. The summed E-state index contributed by atoms with van der Waals surface area (Å²) >= 11 is 0. The maximum atomic E-state index is 5.88. The Morgan fingerprint density at radius 3 is 2.53 bits per heavy atom. The number of likely N-dealkylation sites (N-methyl/N-ethyl adjacent to an activating group) is 1. The van der Waals surface area contributed by atoms with Gasteiger partial charge in [-0.1, -0.05) is 30.3 Å². The number of aromatic amines is 1. The van der Waals surface area contributed by atoms with Gasteiger partial charge in [-0.15, -0.1) is 0 Å². The summed E-state index contributed by atoms with van der Waals surface area (Å²) in [5.74, 6) is 2.24. The molecule has 2 aromatic heterocycles. The Morgan fingerprint density at radius 2 is 1.71 bits per heavy atom. The van der Waals surface area contributed by atoms with Crippen LogP contribution >= 0.6 is 0 Å². The van der Waals surface area contributed by atoms with Crippen molar-refractivity contribution < 1.29 is 4.74 Å². The van der Waals surface area contributed by atoms with Gasteiger partial charge in [0.05, 0.1) is 5.52 Å². The molecular weight excluding hydrogens is 474 g/mol. The standard InChI is InChI=1S/C30H31N7O/c1-36-13-15-37(16-14-36)20-26-19-31-29(33-26)23-7-12-28-24(17-23)18-32-30(35-28)34-25-8-10-27(11-9-25)38-21-22-5-3-2-4-6-22/h2-12,17-19H,13-16,20-21H2,1H3,(H,31,33)(H,32,34,35). The highest BCUT2D eigenvalue weighted by Crippen LogP contribution is 2.24. The third-order valence-corrected chi connectivity index (χ3v) is 6.83. The number of nitrogens with zero attached hydrogens (tertiary/aromatic N) is 5. The zero-order valence-electron chi connectivity index (χ0n) is 21.5. The van der Waals surface area contributed by atoms with E-state index in [0.717, 1.165) is 77.7 Å². The molecule has 5 aromatic rings. The molecule has 0 radical (unpaired) electrons. The highest BCUT2D eigenvalue weighted by molar-refractivity contribution is 5.83. The molecule has 0 saturated carbocycles. The predicted octanol–water partition coefficient (Wildman–Crippen LogP) is 5.09. The van der Waals surface area contributed by atoms with Crippen LogP contribution in [-0.2, 0) is 13.2 Å². The maximum Gasteiger partial charge on any atom is 0.227 e. The number of H-pyrrole nitrogens is 1. The van der Waals surface area contributed by atoms with Gasteiger partial charge in [-0.2, -0.15) is 0 Å².